The van der Waals surface area contributed by atoms with Crippen molar-refractivity contribution < 1.29 is 14.0 Å². The third kappa shape index (κ3) is 2.66. The molecule has 88 valence electrons. The Balaban J connectivity index is 1.93. The van der Waals surface area contributed by atoms with Crippen molar-refractivity contribution >= 4 is 17.5 Å². The highest BCUT2D eigenvalue weighted by Crippen LogP contribution is 2.05. The first-order valence-corrected chi connectivity index (χ1v) is 5.04. The maximum atomic E-state index is 13.2. The van der Waals surface area contributed by atoms with Gasteiger partial charge in [0.2, 0.25) is 5.91 Å². The second-order valence-corrected chi connectivity index (χ2v) is 3.54. The average molecular weight is 235 g/mol. The van der Waals surface area contributed by atoms with Gasteiger partial charge in [-0.05, 0) is 6.07 Å². The van der Waals surface area contributed by atoms with Crippen LogP contribution in [0.4, 0.5) is 4.39 Å². The van der Waals surface area contributed by atoms with Crippen molar-refractivity contribution in [1.29, 1.82) is 0 Å². The summed E-state index contributed by atoms with van der Waals surface area (Å²) in [6.07, 6.45) is -0.0386. The van der Waals surface area contributed by atoms with Gasteiger partial charge in [-0.1, -0.05) is 18.2 Å². The lowest BCUT2D eigenvalue weighted by atomic mass is 10.2. The van der Waals surface area contributed by atoms with Gasteiger partial charge in [0, 0.05) is 12.1 Å². The normalized spacial score (nSPS) is 14.2. The topological polar surface area (TPSA) is 70.6 Å². The van der Waals surface area contributed by atoms with Gasteiger partial charge in [-0.2, -0.15) is 5.10 Å². The molecule has 2 rings (SSSR count). The zero-order valence-electron chi connectivity index (χ0n) is 8.87. The molecule has 0 aromatic heterocycles. The summed E-state index contributed by atoms with van der Waals surface area (Å²) in [5.74, 6) is -1.16. The summed E-state index contributed by atoms with van der Waals surface area (Å²) < 4.78 is 13.2. The molecule has 0 fully saturated rings. The third-order valence-corrected chi connectivity index (χ3v) is 2.30. The summed E-state index contributed by atoms with van der Waals surface area (Å²) in [5.41, 5.74) is 2.68. The van der Waals surface area contributed by atoms with Crippen LogP contribution in [-0.4, -0.2) is 17.5 Å². The molecule has 17 heavy (non-hydrogen) atoms. The quantitative estimate of drug-likeness (QED) is 0.792. The summed E-state index contributed by atoms with van der Waals surface area (Å²) in [6.45, 7) is 0.0682. The molecule has 0 spiro atoms. The Hall–Kier alpha value is -2.24. The molecule has 1 heterocycles. The molecule has 0 saturated heterocycles. The molecule has 0 bridgehead atoms. The summed E-state index contributed by atoms with van der Waals surface area (Å²) in [7, 11) is 0. The molecule has 0 saturated carbocycles. The molecule has 1 aromatic carbocycles. The van der Waals surface area contributed by atoms with Crippen molar-refractivity contribution in [3.63, 3.8) is 0 Å². The highest BCUT2D eigenvalue weighted by Gasteiger charge is 2.21. The number of amides is 2. The van der Waals surface area contributed by atoms with Gasteiger partial charge in [-0.25, -0.2) is 9.82 Å². The van der Waals surface area contributed by atoms with Crippen molar-refractivity contribution in [2.45, 2.75) is 13.0 Å². The van der Waals surface area contributed by atoms with Crippen molar-refractivity contribution in [2.24, 2.45) is 5.10 Å². The Bertz CT molecular complexity index is 499. The van der Waals surface area contributed by atoms with E-state index in [1.54, 1.807) is 18.2 Å². The molecule has 0 atom stereocenters. The van der Waals surface area contributed by atoms with Gasteiger partial charge < -0.3 is 5.32 Å². The zero-order valence-corrected chi connectivity index (χ0v) is 8.87. The molecule has 0 radical (unpaired) electrons. The Morgan fingerprint density at radius 3 is 2.88 bits per heavy atom. The lowest BCUT2D eigenvalue weighted by Crippen LogP contribution is -2.30. The second kappa shape index (κ2) is 4.73. The maximum absolute atomic E-state index is 13.2. The van der Waals surface area contributed by atoms with E-state index < -0.39 is 5.91 Å². The van der Waals surface area contributed by atoms with E-state index in [9.17, 15) is 14.0 Å². The van der Waals surface area contributed by atoms with Gasteiger partial charge in [0.25, 0.3) is 5.91 Å². The summed E-state index contributed by atoms with van der Waals surface area (Å²) in [6, 6.07) is 6.15. The predicted molar refractivity (Wildman–Crippen MR) is 58.4 cm³/mol. The van der Waals surface area contributed by atoms with Gasteiger partial charge in [0.15, 0.2) is 0 Å². The van der Waals surface area contributed by atoms with E-state index in [-0.39, 0.29) is 30.4 Å². The first-order chi connectivity index (χ1) is 8.16. The molecule has 6 heteroatoms. The van der Waals surface area contributed by atoms with E-state index in [0.29, 0.717) is 5.56 Å². The summed E-state index contributed by atoms with van der Waals surface area (Å²) in [5, 5.41) is 6.06. The minimum atomic E-state index is -0.466. The molecule has 1 aliphatic rings. The van der Waals surface area contributed by atoms with Crippen LogP contribution in [0.5, 0.6) is 0 Å². The van der Waals surface area contributed by atoms with Crippen LogP contribution in [0.25, 0.3) is 0 Å². The lowest BCUT2D eigenvalue weighted by Gasteiger charge is -2.04. The SMILES string of the molecule is O=C1CC(C(=O)NCc2ccccc2F)=NN1. The molecular formula is C11H10FN3O2. The van der Waals surface area contributed by atoms with Crippen LogP contribution in [0.2, 0.25) is 0 Å². The number of hydrazone groups is 1. The number of benzene rings is 1. The van der Waals surface area contributed by atoms with Crippen LogP contribution in [0.1, 0.15) is 12.0 Å². The smallest absolute Gasteiger partial charge is 0.268 e. The van der Waals surface area contributed by atoms with E-state index in [4.69, 9.17) is 0 Å². The summed E-state index contributed by atoms with van der Waals surface area (Å²) in [4.78, 5) is 22.3. The fraction of sp³-hybridized carbons (Fsp3) is 0.182. The standard InChI is InChI=1S/C11H10FN3O2/c12-8-4-2-1-3-7(8)6-13-11(17)9-5-10(16)15-14-9/h1-4H,5-6H2,(H,13,17)(H,15,16). The van der Waals surface area contributed by atoms with E-state index in [2.05, 4.69) is 15.8 Å². The van der Waals surface area contributed by atoms with Gasteiger partial charge in [-0.3, -0.25) is 9.59 Å². The molecular weight excluding hydrogens is 225 g/mol. The van der Waals surface area contributed by atoms with E-state index in [1.807, 2.05) is 0 Å². The third-order valence-electron chi connectivity index (χ3n) is 2.30. The number of carbonyl (C=O) groups excluding carboxylic acids is 2. The maximum Gasteiger partial charge on any atom is 0.268 e. The van der Waals surface area contributed by atoms with Crippen molar-refractivity contribution in [1.82, 2.24) is 10.7 Å². The number of rotatable bonds is 3. The molecule has 2 N–H and O–H groups in total. The summed E-state index contributed by atoms with van der Waals surface area (Å²) >= 11 is 0. The first-order valence-electron chi connectivity index (χ1n) is 5.04. The van der Waals surface area contributed by atoms with Crippen molar-refractivity contribution in [3.05, 3.63) is 35.6 Å². The minimum Gasteiger partial charge on any atom is -0.347 e. The number of nitrogens with zero attached hydrogens (tertiary/aromatic N) is 1. The van der Waals surface area contributed by atoms with Gasteiger partial charge >= 0.3 is 0 Å². The first kappa shape index (κ1) is 11.3. The Morgan fingerprint density at radius 2 is 2.24 bits per heavy atom. The van der Waals surface area contributed by atoms with Crippen LogP contribution < -0.4 is 10.7 Å². The van der Waals surface area contributed by atoms with Crippen LogP contribution in [0.3, 0.4) is 0 Å². The molecule has 5 nitrogen and oxygen atoms in total. The lowest BCUT2D eigenvalue weighted by molar-refractivity contribution is -0.120. The number of carbonyl (C=O) groups is 2. The van der Waals surface area contributed by atoms with Crippen LogP contribution in [0, 0.1) is 5.82 Å². The monoisotopic (exact) mass is 235 g/mol. The number of hydrogen-bond donors (Lipinski definition) is 2. The predicted octanol–water partition coefficient (Wildman–Crippen LogP) is 0.318. The van der Waals surface area contributed by atoms with Gasteiger partial charge in [0.05, 0.1) is 6.42 Å². The Kier molecular flexibility index (Phi) is 3.13. The van der Waals surface area contributed by atoms with Crippen molar-refractivity contribution in [2.75, 3.05) is 0 Å². The van der Waals surface area contributed by atoms with Crippen LogP contribution in [-0.2, 0) is 16.1 Å². The van der Waals surface area contributed by atoms with E-state index >= 15 is 0 Å². The fourth-order valence-corrected chi connectivity index (χ4v) is 1.41. The number of halogens is 1. The second-order valence-electron chi connectivity index (χ2n) is 3.54. The zero-order chi connectivity index (χ0) is 12.3. The molecule has 0 aliphatic carbocycles. The largest absolute Gasteiger partial charge is 0.347 e. The minimum absolute atomic E-state index is 0.0386. The molecule has 2 amide bonds. The molecule has 0 unspecified atom stereocenters. The average Bonchev–Trinajstić information content (AvgIpc) is 2.74. The highest BCUT2D eigenvalue weighted by atomic mass is 19.1. The van der Waals surface area contributed by atoms with Crippen LogP contribution >= 0.6 is 0 Å². The van der Waals surface area contributed by atoms with E-state index in [1.165, 1.54) is 6.07 Å². The van der Waals surface area contributed by atoms with Gasteiger partial charge in [0.1, 0.15) is 11.5 Å². The molecule has 1 aliphatic heterocycles. The van der Waals surface area contributed by atoms with Crippen LogP contribution in [0.15, 0.2) is 29.4 Å². The Labute approximate surface area is 96.7 Å². The Morgan fingerprint density at radius 1 is 1.47 bits per heavy atom. The van der Waals surface area contributed by atoms with Crippen molar-refractivity contribution in [3.8, 4) is 0 Å². The number of hydrogen-bond acceptors (Lipinski definition) is 3. The fourth-order valence-electron chi connectivity index (χ4n) is 1.41. The number of nitrogens with one attached hydrogen (secondary N) is 2. The van der Waals surface area contributed by atoms with Gasteiger partial charge in [-0.15, -0.1) is 0 Å². The van der Waals surface area contributed by atoms with E-state index in [0.717, 1.165) is 0 Å². The molecule has 1 aromatic rings. The highest BCUT2D eigenvalue weighted by molar-refractivity contribution is 6.43.